The number of aromatic nitrogens is 3. The molecule has 0 saturated carbocycles. The third-order valence-electron chi connectivity index (χ3n) is 2.22. The predicted octanol–water partition coefficient (Wildman–Crippen LogP) is 1.34. The highest BCUT2D eigenvalue weighted by Crippen LogP contribution is 2.14. The average Bonchev–Trinajstić information content (AvgIpc) is 2.63. The summed E-state index contributed by atoms with van der Waals surface area (Å²) in [6.07, 6.45) is 1.15. The van der Waals surface area contributed by atoms with Crippen molar-refractivity contribution in [2.24, 2.45) is 0 Å². The highest BCUT2D eigenvalue weighted by Gasteiger charge is 2.10. The third-order valence-corrected chi connectivity index (χ3v) is 2.22. The zero-order valence-electron chi connectivity index (χ0n) is 9.09. The molecule has 0 aliphatic rings. The zero-order valence-corrected chi connectivity index (χ0v) is 9.09. The van der Waals surface area contributed by atoms with Gasteiger partial charge in [0.25, 0.3) is 0 Å². The van der Waals surface area contributed by atoms with Crippen LogP contribution < -0.4 is 0 Å². The Bertz CT molecular complexity index is 545. The number of aryl methyl sites for hydroxylation is 1. The molecule has 1 N–H and O–H groups in total. The number of halogens is 1. The lowest BCUT2D eigenvalue weighted by Crippen LogP contribution is -2.08. The van der Waals surface area contributed by atoms with E-state index in [1.807, 2.05) is 0 Å². The number of hydrogen-bond donors (Lipinski definition) is 1. The summed E-state index contributed by atoms with van der Waals surface area (Å²) < 4.78 is 14.6. The van der Waals surface area contributed by atoms with Gasteiger partial charge in [-0.25, -0.2) is 9.07 Å². The van der Waals surface area contributed by atoms with E-state index < -0.39 is 11.8 Å². The van der Waals surface area contributed by atoms with Crippen molar-refractivity contribution in [2.75, 3.05) is 0 Å². The smallest absolute Gasteiger partial charge is 0.309 e. The van der Waals surface area contributed by atoms with Crippen molar-refractivity contribution in [3.63, 3.8) is 0 Å². The molecule has 0 aliphatic heterocycles. The Morgan fingerprint density at radius 1 is 1.47 bits per heavy atom. The Labute approximate surface area is 96.5 Å². The van der Waals surface area contributed by atoms with Gasteiger partial charge in [0, 0.05) is 0 Å². The molecule has 0 amide bonds. The van der Waals surface area contributed by atoms with Gasteiger partial charge in [0.05, 0.1) is 24.0 Å². The molecule has 17 heavy (non-hydrogen) atoms. The number of carboxylic acids is 1. The molecule has 88 valence electrons. The molecule has 0 bridgehead atoms. The molecule has 1 aromatic carbocycles. The van der Waals surface area contributed by atoms with Crippen molar-refractivity contribution in [2.45, 2.75) is 13.3 Å². The summed E-state index contributed by atoms with van der Waals surface area (Å²) in [4.78, 5) is 10.6. The Morgan fingerprint density at radius 3 is 2.88 bits per heavy atom. The van der Waals surface area contributed by atoms with Crippen molar-refractivity contribution in [1.82, 2.24) is 15.0 Å². The van der Waals surface area contributed by atoms with Crippen LogP contribution in [0, 0.1) is 12.7 Å². The lowest BCUT2D eigenvalue weighted by atomic mass is 10.2. The molecule has 0 fully saturated rings. The van der Waals surface area contributed by atoms with E-state index in [1.165, 1.54) is 23.0 Å². The SMILES string of the molecule is Cc1cc(F)cc(-n2nncc2CC(=O)O)c1. The first-order valence-corrected chi connectivity index (χ1v) is 4.95. The molecule has 0 aliphatic carbocycles. The van der Waals surface area contributed by atoms with Crippen molar-refractivity contribution >= 4 is 5.97 Å². The van der Waals surface area contributed by atoms with Gasteiger partial charge >= 0.3 is 5.97 Å². The quantitative estimate of drug-likeness (QED) is 0.871. The van der Waals surface area contributed by atoms with Gasteiger partial charge in [0.1, 0.15) is 5.82 Å². The maximum Gasteiger partial charge on any atom is 0.309 e. The van der Waals surface area contributed by atoms with Crippen LogP contribution in [0.2, 0.25) is 0 Å². The fourth-order valence-corrected chi connectivity index (χ4v) is 1.59. The van der Waals surface area contributed by atoms with E-state index >= 15 is 0 Å². The van der Waals surface area contributed by atoms with Gasteiger partial charge < -0.3 is 5.11 Å². The summed E-state index contributed by atoms with van der Waals surface area (Å²) in [5.74, 6) is -1.38. The molecule has 0 radical (unpaired) electrons. The van der Waals surface area contributed by atoms with Crippen LogP contribution >= 0.6 is 0 Å². The molecule has 1 aromatic heterocycles. The topological polar surface area (TPSA) is 68.0 Å². The minimum absolute atomic E-state index is 0.206. The lowest BCUT2D eigenvalue weighted by Gasteiger charge is -2.05. The summed E-state index contributed by atoms with van der Waals surface area (Å²) in [5, 5.41) is 16.1. The second-order valence-corrected chi connectivity index (χ2v) is 3.69. The number of rotatable bonds is 3. The minimum atomic E-state index is -0.985. The van der Waals surface area contributed by atoms with E-state index in [1.54, 1.807) is 13.0 Å². The van der Waals surface area contributed by atoms with Gasteiger partial charge in [-0.1, -0.05) is 5.21 Å². The first kappa shape index (κ1) is 11.3. The second-order valence-electron chi connectivity index (χ2n) is 3.69. The van der Waals surface area contributed by atoms with E-state index in [9.17, 15) is 9.18 Å². The Balaban J connectivity index is 2.45. The van der Waals surface area contributed by atoms with Gasteiger partial charge in [0.15, 0.2) is 0 Å². The number of benzene rings is 1. The molecule has 1 heterocycles. The third kappa shape index (κ3) is 2.47. The first-order valence-electron chi connectivity index (χ1n) is 4.95. The summed E-state index contributed by atoms with van der Waals surface area (Å²) in [6, 6.07) is 4.38. The van der Waals surface area contributed by atoms with Gasteiger partial charge in [-0.3, -0.25) is 4.79 Å². The molecule has 0 atom stereocenters. The fourth-order valence-electron chi connectivity index (χ4n) is 1.59. The van der Waals surface area contributed by atoms with Crippen LogP contribution in [0.3, 0.4) is 0 Å². The summed E-state index contributed by atoms with van der Waals surface area (Å²) in [6.45, 7) is 1.75. The minimum Gasteiger partial charge on any atom is -0.481 e. The fraction of sp³-hybridized carbons (Fsp3) is 0.182. The number of nitrogens with zero attached hydrogens (tertiary/aromatic N) is 3. The van der Waals surface area contributed by atoms with Gasteiger partial charge in [-0.15, -0.1) is 5.10 Å². The molecule has 6 heteroatoms. The molecule has 0 unspecified atom stereocenters. The second kappa shape index (κ2) is 4.32. The summed E-state index contributed by atoms with van der Waals surface area (Å²) in [7, 11) is 0. The van der Waals surface area contributed by atoms with E-state index in [0.29, 0.717) is 11.4 Å². The highest BCUT2D eigenvalue weighted by molar-refractivity contribution is 5.69. The van der Waals surface area contributed by atoms with Crippen molar-refractivity contribution in [1.29, 1.82) is 0 Å². The summed E-state index contributed by atoms with van der Waals surface area (Å²) >= 11 is 0. The van der Waals surface area contributed by atoms with Gasteiger partial charge in [0.2, 0.25) is 0 Å². The van der Waals surface area contributed by atoms with Crippen LogP contribution in [-0.2, 0) is 11.2 Å². The number of carbonyl (C=O) groups is 1. The van der Waals surface area contributed by atoms with Crippen molar-refractivity contribution in [3.05, 3.63) is 41.5 Å². The number of carboxylic acid groups (broad SMARTS) is 1. The first-order chi connectivity index (χ1) is 8.06. The van der Waals surface area contributed by atoms with Crippen LogP contribution in [0.1, 0.15) is 11.3 Å². The average molecular weight is 235 g/mol. The summed E-state index contributed by atoms with van der Waals surface area (Å²) in [5.41, 5.74) is 1.61. The number of hydrogen-bond acceptors (Lipinski definition) is 3. The van der Waals surface area contributed by atoms with Crippen LogP contribution in [-0.4, -0.2) is 26.1 Å². The van der Waals surface area contributed by atoms with Crippen molar-refractivity contribution in [3.8, 4) is 5.69 Å². The van der Waals surface area contributed by atoms with Crippen molar-refractivity contribution < 1.29 is 14.3 Å². The van der Waals surface area contributed by atoms with Crippen LogP contribution in [0.5, 0.6) is 0 Å². The van der Waals surface area contributed by atoms with Gasteiger partial charge in [-0.05, 0) is 30.7 Å². The van der Waals surface area contributed by atoms with Crippen LogP contribution in [0.4, 0.5) is 4.39 Å². The molecule has 0 spiro atoms. The normalized spacial score (nSPS) is 10.5. The molecule has 0 saturated heterocycles. The molecule has 5 nitrogen and oxygen atoms in total. The maximum atomic E-state index is 13.2. The van der Waals surface area contributed by atoms with Crippen LogP contribution in [0.15, 0.2) is 24.4 Å². The molecule has 2 rings (SSSR count). The lowest BCUT2D eigenvalue weighted by molar-refractivity contribution is -0.136. The highest BCUT2D eigenvalue weighted by atomic mass is 19.1. The van der Waals surface area contributed by atoms with Gasteiger partial charge in [-0.2, -0.15) is 0 Å². The molecule has 2 aromatic rings. The van der Waals surface area contributed by atoms with E-state index in [4.69, 9.17) is 5.11 Å². The predicted molar refractivity (Wildman–Crippen MR) is 57.4 cm³/mol. The van der Waals surface area contributed by atoms with E-state index in [-0.39, 0.29) is 6.42 Å². The monoisotopic (exact) mass is 235 g/mol. The largest absolute Gasteiger partial charge is 0.481 e. The molecular weight excluding hydrogens is 225 g/mol. The Kier molecular flexibility index (Phi) is 2.86. The Hall–Kier alpha value is -2.24. The molecular formula is C11H10FN3O2. The van der Waals surface area contributed by atoms with E-state index in [0.717, 1.165) is 5.56 Å². The maximum absolute atomic E-state index is 13.2. The van der Waals surface area contributed by atoms with E-state index in [2.05, 4.69) is 10.3 Å². The Morgan fingerprint density at radius 2 is 2.24 bits per heavy atom. The number of aliphatic carboxylic acids is 1. The standard InChI is InChI=1S/C11H10FN3O2/c1-7-2-8(12)4-9(3-7)15-10(5-11(16)17)6-13-14-15/h2-4,6H,5H2,1H3,(H,16,17). The zero-order chi connectivity index (χ0) is 12.4. The van der Waals surface area contributed by atoms with Crippen LogP contribution in [0.25, 0.3) is 5.69 Å².